The molecule has 0 bridgehead atoms. The molecule has 0 spiro atoms. The minimum absolute atomic E-state index is 0.0714. The Hall–Kier alpha value is -1.44. The number of carbonyl (C=O) groups excluding carboxylic acids is 1. The van der Waals surface area contributed by atoms with Crippen molar-refractivity contribution >= 4 is 15.9 Å². The molecule has 2 aliphatic rings. The molecular formula is C19H29N3O3S. The van der Waals surface area contributed by atoms with Gasteiger partial charge in [0.15, 0.2) is 0 Å². The van der Waals surface area contributed by atoms with Crippen LogP contribution < -0.4 is 10.6 Å². The van der Waals surface area contributed by atoms with Gasteiger partial charge < -0.3 is 10.6 Å². The number of hydrogen-bond donors (Lipinski definition) is 2. The Labute approximate surface area is 156 Å². The fourth-order valence-corrected chi connectivity index (χ4v) is 5.23. The van der Waals surface area contributed by atoms with Crippen LogP contribution >= 0.6 is 0 Å². The highest BCUT2D eigenvalue weighted by Gasteiger charge is 2.27. The number of amides is 1. The molecule has 2 atom stereocenters. The molecule has 26 heavy (non-hydrogen) atoms. The molecule has 1 aromatic rings. The molecule has 3 rings (SSSR count). The molecule has 2 heterocycles. The molecule has 144 valence electrons. The van der Waals surface area contributed by atoms with Crippen LogP contribution in [0.1, 0.15) is 49.4 Å². The molecule has 1 amide bonds. The first-order valence-electron chi connectivity index (χ1n) is 9.60. The molecule has 0 saturated carbocycles. The number of carbonyl (C=O) groups is 1. The van der Waals surface area contributed by atoms with Crippen LogP contribution in [0.5, 0.6) is 0 Å². The van der Waals surface area contributed by atoms with Gasteiger partial charge in [-0.15, -0.1) is 0 Å². The maximum Gasteiger partial charge on any atom is 0.251 e. The Morgan fingerprint density at radius 3 is 2.62 bits per heavy atom. The Bertz CT molecular complexity index is 727. The number of nitrogens with zero attached hydrogens (tertiary/aromatic N) is 1. The largest absolute Gasteiger partial charge is 0.348 e. The minimum atomic E-state index is -3.54. The van der Waals surface area contributed by atoms with Gasteiger partial charge in [0.2, 0.25) is 10.0 Å². The van der Waals surface area contributed by atoms with Gasteiger partial charge in [-0.05, 0) is 49.9 Å². The molecule has 2 N–H and O–H groups in total. The Balaban J connectivity index is 1.75. The van der Waals surface area contributed by atoms with Crippen molar-refractivity contribution in [2.24, 2.45) is 5.92 Å². The van der Waals surface area contributed by atoms with E-state index in [2.05, 4.69) is 17.6 Å². The second kappa shape index (κ2) is 8.50. The molecule has 0 radical (unpaired) electrons. The summed E-state index contributed by atoms with van der Waals surface area (Å²) in [6.07, 6.45) is 4.95. The first-order valence-corrected chi connectivity index (χ1v) is 11.0. The maximum absolute atomic E-state index is 12.9. The Morgan fingerprint density at radius 2 is 1.92 bits per heavy atom. The van der Waals surface area contributed by atoms with Crippen molar-refractivity contribution in [1.82, 2.24) is 14.9 Å². The van der Waals surface area contributed by atoms with Crippen LogP contribution in [-0.4, -0.2) is 50.9 Å². The van der Waals surface area contributed by atoms with Crippen LogP contribution in [0.25, 0.3) is 0 Å². The normalized spacial score (nSPS) is 25.4. The standard InChI is InChI=1S/C19H29N3O3S/c1-15-9-10-20-14-18(15)21-19(23)16-7-6-8-17(13-16)26(24,25)22-11-4-2-3-5-12-22/h6-8,13,15,18,20H,2-5,9-12,14H2,1H3,(H,21,23). The predicted molar refractivity (Wildman–Crippen MR) is 102 cm³/mol. The molecular weight excluding hydrogens is 350 g/mol. The molecule has 0 aliphatic carbocycles. The number of sulfonamides is 1. The highest BCUT2D eigenvalue weighted by atomic mass is 32.2. The summed E-state index contributed by atoms with van der Waals surface area (Å²) in [6, 6.07) is 6.50. The zero-order valence-corrected chi connectivity index (χ0v) is 16.2. The minimum Gasteiger partial charge on any atom is -0.348 e. The maximum atomic E-state index is 12.9. The van der Waals surface area contributed by atoms with Crippen LogP contribution in [0.4, 0.5) is 0 Å². The van der Waals surface area contributed by atoms with Crippen LogP contribution in [-0.2, 0) is 10.0 Å². The second-order valence-corrected chi connectivity index (χ2v) is 9.33. The lowest BCUT2D eigenvalue weighted by Gasteiger charge is -2.30. The lowest BCUT2D eigenvalue weighted by molar-refractivity contribution is 0.0915. The topological polar surface area (TPSA) is 78.5 Å². The quantitative estimate of drug-likeness (QED) is 0.838. The van der Waals surface area contributed by atoms with Gasteiger partial charge in [0.25, 0.3) is 5.91 Å². The smallest absolute Gasteiger partial charge is 0.251 e. The number of hydrogen-bond acceptors (Lipinski definition) is 4. The Kier molecular flexibility index (Phi) is 6.32. The molecule has 6 nitrogen and oxygen atoms in total. The highest BCUT2D eigenvalue weighted by Crippen LogP contribution is 2.21. The van der Waals surface area contributed by atoms with Crippen LogP contribution in [0, 0.1) is 5.92 Å². The number of rotatable bonds is 4. The number of nitrogens with one attached hydrogen (secondary N) is 2. The molecule has 2 unspecified atom stereocenters. The van der Waals surface area contributed by atoms with E-state index in [4.69, 9.17) is 0 Å². The molecule has 0 aromatic heterocycles. The second-order valence-electron chi connectivity index (χ2n) is 7.40. The van der Waals surface area contributed by atoms with Gasteiger partial charge in [-0.1, -0.05) is 25.8 Å². The van der Waals surface area contributed by atoms with Crippen LogP contribution in [0.2, 0.25) is 0 Å². The molecule has 1 aromatic carbocycles. The van der Waals surface area contributed by atoms with E-state index in [0.29, 0.717) is 24.6 Å². The summed E-state index contributed by atoms with van der Waals surface area (Å²) in [6.45, 7) is 4.97. The number of benzene rings is 1. The van der Waals surface area contributed by atoms with E-state index in [1.54, 1.807) is 22.5 Å². The predicted octanol–water partition coefficient (Wildman–Crippen LogP) is 1.98. The summed E-state index contributed by atoms with van der Waals surface area (Å²) in [5.41, 5.74) is 0.402. The van der Waals surface area contributed by atoms with Gasteiger partial charge in [0.1, 0.15) is 0 Å². The van der Waals surface area contributed by atoms with Gasteiger partial charge >= 0.3 is 0 Å². The third-order valence-electron chi connectivity index (χ3n) is 5.44. The van der Waals surface area contributed by atoms with E-state index < -0.39 is 10.0 Å². The average molecular weight is 380 g/mol. The molecule has 2 saturated heterocycles. The van der Waals surface area contributed by atoms with Crippen molar-refractivity contribution in [3.63, 3.8) is 0 Å². The highest BCUT2D eigenvalue weighted by molar-refractivity contribution is 7.89. The zero-order chi connectivity index (χ0) is 18.6. The van der Waals surface area contributed by atoms with E-state index in [1.165, 1.54) is 6.07 Å². The first kappa shape index (κ1) is 19.3. The van der Waals surface area contributed by atoms with E-state index in [1.807, 2.05) is 0 Å². The SMILES string of the molecule is CC1CCNCC1NC(=O)c1cccc(S(=O)(=O)N2CCCCCC2)c1. The third-order valence-corrected chi connectivity index (χ3v) is 7.34. The molecule has 7 heteroatoms. The van der Waals surface area contributed by atoms with Gasteiger partial charge in [-0.2, -0.15) is 4.31 Å². The van der Waals surface area contributed by atoms with Crippen molar-refractivity contribution < 1.29 is 13.2 Å². The average Bonchev–Trinajstić information content (AvgIpc) is 2.94. The van der Waals surface area contributed by atoms with Crippen molar-refractivity contribution in [3.8, 4) is 0 Å². The van der Waals surface area contributed by atoms with Gasteiger partial charge in [0, 0.05) is 31.2 Å². The Morgan fingerprint density at radius 1 is 1.19 bits per heavy atom. The molecule has 2 aliphatic heterocycles. The monoisotopic (exact) mass is 379 g/mol. The van der Waals surface area contributed by atoms with E-state index in [-0.39, 0.29) is 16.8 Å². The van der Waals surface area contributed by atoms with Crippen molar-refractivity contribution in [2.75, 3.05) is 26.2 Å². The van der Waals surface area contributed by atoms with Gasteiger partial charge in [0.05, 0.1) is 4.90 Å². The van der Waals surface area contributed by atoms with Crippen molar-refractivity contribution in [3.05, 3.63) is 29.8 Å². The first-order chi connectivity index (χ1) is 12.5. The summed E-state index contributed by atoms with van der Waals surface area (Å²) in [7, 11) is -3.54. The fraction of sp³-hybridized carbons (Fsp3) is 0.632. The fourth-order valence-electron chi connectivity index (χ4n) is 3.66. The lowest BCUT2D eigenvalue weighted by Crippen LogP contribution is -2.50. The summed E-state index contributed by atoms with van der Waals surface area (Å²) in [4.78, 5) is 12.8. The van der Waals surface area contributed by atoms with E-state index >= 15 is 0 Å². The van der Waals surface area contributed by atoms with Crippen molar-refractivity contribution in [2.45, 2.75) is 50.0 Å². The summed E-state index contributed by atoms with van der Waals surface area (Å²) in [5, 5.41) is 6.33. The third kappa shape index (κ3) is 4.45. The van der Waals surface area contributed by atoms with Gasteiger partial charge in [-0.25, -0.2) is 8.42 Å². The molecule has 2 fully saturated rings. The van der Waals surface area contributed by atoms with Crippen LogP contribution in [0.15, 0.2) is 29.2 Å². The summed E-state index contributed by atoms with van der Waals surface area (Å²) in [5.74, 6) is 0.197. The number of piperidine rings is 1. The van der Waals surface area contributed by atoms with Crippen LogP contribution in [0.3, 0.4) is 0 Å². The van der Waals surface area contributed by atoms with E-state index in [0.717, 1.165) is 45.2 Å². The summed E-state index contributed by atoms with van der Waals surface area (Å²) < 4.78 is 27.4. The summed E-state index contributed by atoms with van der Waals surface area (Å²) >= 11 is 0. The zero-order valence-electron chi connectivity index (χ0n) is 15.4. The lowest BCUT2D eigenvalue weighted by atomic mass is 9.94. The van der Waals surface area contributed by atoms with Gasteiger partial charge in [-0.3, -0.25) is 4.79 Å². The van der Waals surface area contributed by atoms with E-state index in [9.17, 15) is 13.2 Å². The van der Waals surface area contributed by atoms with Crippen molar-refractivity contribution in [1.29, 1.82) is 0 Å².